The molecule has 107 valence electrons. The van der Waals surface area contributed by atoms with E-state index in [1.807, 2.05) is 24.3 Å². The Bertz CT molecular complexity index is 729. The van der Waals surface area contributed by atoms with Crippen molar-refractivity contribution in [1.29, 1.82) is 0 Å². The zero-order chi connectivity index (χ0) is 15.0. The molecule has 1 aromatic carbocycles. The van der Waals surface area contributed by atoms with Gasteiger partial charge in [-0.2, -0.15) is 0 Å². The summed E-state index contributed by atoms with van der Waals surface area (Å²) in [5, 5.41) is 0.972. The zero-order valence-electron chi connectivity index (χ0n) is 11.4. The molecule has 2 heterocycles. The number of rotatable bonds is 2. The van der Waals surface area contributed by atoms with Crippen molar-refractivity contribution in [2.24, 2.45) is 5.73 Å². The van der Waals surface area contributed by atoms with Gasteiger partial charge in [0.05, 0.1) is 11.4 Å². The molecule has 6 heteroatoms. The minimum Gasteiger partial charge on any atom is -0.384 e. The molecule has 0 atom stereocenters. The lowest BCUT2D eigenvalue weighted by Crippen LogP contribution is -2.37. The number of carbonyl (C=O) groups is 2. The lowest BCUT2D eigenvalue weighted by atomic mass is 9.97. The van der Waals surface area contributed by atoms with Crippen LogP contribution in [-0.2, 0) is 11.2 Å². The third kappa shape index (κ3) is 2.52. The molecule has 0 spiro atoms. The van der Waals surface area contributed by atoms with E-state index >= 15 is 0 Å². The van der Waals surface area contributed by atoms with Crippen LogP contribution in [0.1, 0.15) is 12.0 Å². The number of pyridine rings is 1. The highest BCUT2D eigenvalue weighted by Crippen LogP contribution is 2.25. The topological polar surface area (TPSA) is 102 Å². The molecule has 3 amide bonds. The number of hydrogen-bond acceptors (Lipinski definition) is 4. The van der Waals surface area contributed by atoms with Crippen molar-refractivity contribution in [1.82, 2.24) is 9.88 Å². The highest BCUT2D eigenvalue weighted by Gasteiger charge is 2.35. The highest BCUT2D eigenvalue weighted by atomic mass is 16.2. The van der Waals surface area contributed by atoms with E-state index in [1.165, 1.54) is 0 Å². The van der Waals surface area contributed by atoms with Gasteiger partial charge in [-0.25, -0.2) is 9.78 Å². The van der Waals surface area contributed by atoms with E-state index < -0.39 is 6.03 Å². The molecule has 0 unspecified atom stereocenters. The Morgan fingerprint density at radius 1 is 1.29 bits per heavy atom. The van der Waals surface area contributed by atoms with Crippen LogP contribution in [0.15, 0.2) is 30.3 Å². The number of likely N-dealkylation sites (tertiary alicyclic amines) is 1. The molecule has 1 saturated heterocycles. The smallest absolute Gasteiger partial charge is 0.321 e. The summed E-state index contributed by atoms with van der Waals surface area (Å²) < 4.78 is 0. The lowest BCUT2D eigenvalue weighted by molar-refractivity contribution is -0.123. The first kappa shape index (κ1) is 13.4. The molecule has 1 aliphatic heterocycles. The van der Waals surface area contributed by atoms with Crippen LogP contribution in [0.4, 0.5) is 10.6 Å². The van der Waals surface area contributed by atoms with Crippen LogP contribution >= 0.6 is 0 Å². The summed E-state index contributed by atoms with van der Waals surface area (Å²) in [6.07, 6.45) is 1.09. The molecule has 6 nitrogen and oxygen atoms in total. The van der Waals surface area contributed by atoms with Crippen LogP contribution in [0.2, 0.25) is 0 Å². The average molecular weight is 283 g/mol. The molecule has 1 aromatic heterocycles. The molecular formula is C15H15N4O2. The molecule has 1 fully saturated rings. The maximum absolute atomic E-state index is 12.0. The number of amides is 3. The number of hydrogen-bond donors (Lipinski definition) is 2. The Hall–Kier alpha value is -2.63. The van der Waals surface area contributed by atoms with Gasteiger partial charge in [-0.05, 0) is 42.7 Å². The minimum absolute atomic E-state index is 0.266. The van der Waals surface area contributed by atoms with E-state index in [1.54, 1.807) is 6.07 Å². The van der Waals surface area contributed by atoms with Gasteiger partial charge in [-0.15, -0.1) is 0 Å². The van der Waals surface area contributed by atoms with E-state index in [4.69, 9.17) is 11.5 Å². The van der Waals surface area contributed by atoms with Gasteiger partial charge in [0.15, 0.2) is 0 Å². The van der Waals surface area contributed by atoms with Gasteiger partial charge < -0.3 is 11.5 Å². The number of nitrogens with two attached hydrogens (primary N) is 2. The number of imide groups is 1. The first-order valence-electron chi connectivity index (χ1n) is 6.66. The third-order valence-electron chi connectivity index (χ3n) is 3.64. The number of fused-ring (bicyclic) bond motifs is 1. The Balaban J connectivity index is 1.81. The summed E-state index contributed by atoms with van der Waals surface area (Å²) in [7, 11) is 0. The lowest BCUT2D eigenvalue weighted by Gasteiger charge is -2.11. The number of anilines is 1. The average Bonchev–Trinajstić information content (AvgIpc) is 2.80. The first-order valence-corrected chi connectivity index (χ1v) is 6.66. The van der Waals surface area contributed by atoms with Crippen LogP contribution in [-0.4, -0.2) is 28.4 Å². The number of urea groups is 1. The number of benzene rings is 1. The zero-order valence-corrected chi connectivity index (χ0v) is 11.4. The molecule has 0 bridgehead atoms. The fraction of sp³-hybridized carbons (Fsp3) is 0.200. The van der Waals surface area contributed by atoms with Crippen molar-refractivity contribution in [2.45, 2.75) is 12.8 Å². The van der Waals surface area contributed by atoms with Gasteiger partial charge in [0.1, 0.15) is 5.82 Å². The molecule has 1 aliphatic rings. The van der Waals surface area contributed by atoms with Crippen molar-refractivity contribution < 1.29 is 9.59 Å². The fourth-order valence-electron chi connectivity index (χ4n) is 2.57. The van der Waals surface area contributed by atoms with Gasteiger partial charge in [0.25, 0.3) is 0 Å². The van der Waals surface area contributed by atoms with Crippen LogP contribution in [0.25, 0.3) is 10.9 Å². The second kappa shape index (κ2) is 5.05. The maximum Gasteiger partial charge on any atom is 0.321 e. The largest absolute Gasteiger partial charge is 0.384 e. The Morgan fingerprint density at radius 2 is 2.10 bits per heavy atom. The number of carbonyl (C=O) groups excluding carboxylic acids is 2. The highest BCUT2D eigenvalue weighted by molar-refractivity contribution is 6.03. The molecule has 1 radical (unpaired) electrons. The summed E-state index contributed by atoms with van der Waals surface area (Å²) in [5.74, 6) is 0.919. The van der Waals surface area contributed by atoms with Gasteiger partial charge in [0.2, 0.25) is 5.91 Å². The first-order chi connectivity index (χ1) is 10.0. The molecule has 3 rings (SSSR count). The summed E-state index contributed by atoms with van der Waals surface area (Å²) in [6.45, 7) is 0.370. The second-order valence-electron chi connectivity index (χ2n) is 5.09. The van der Waals surface area contributed by atoms with Crippen molar-refractivity contribution in [2.75, 3.05) is 12.3 Å². The Labute approximate surface area is 121 Å². The van der Waals surface area contributed by atoms with Crippen LogP contribution < -0.4 is 11.5 Å². The number of nitrogen functional groups attached to an aromatic ring is 1. The third-order valence-corrected chi connectivity index (χ3v) is 3.64. The number of aromatic nitrogens is 1. The quantitative estimate of drug-likeness (QED) is 0.865. The Morgan fingerprint density at radius 3 is 2.81 bits per heavy atom. The minimum atomic E-state index is -0.687. The maximum atomic E-state index is 12.0. The van der Waals surface area contributed by atoms with Gasteiger partial charge in [0, 0.05) is 11.9 Å². The van der Waals surface area contributed by atoms with Gasteiger partial charge in [-0.1, -0.05) is 6.07 Å². The monoisotopic (exact) mass is 283 g/mol. The van der Waals surface area contributed by atoms with E-state index in [0.29, 0.717) is 31.1 Å². The van der Waals surface area contributed by atoms with Crippen molar-refractivity contribution in [3.8, 4) is 0 Å². The summed E-state index contributed by atoms with van der Waals surface area (Å²) in [6, 6.07) is 8.74. The number of nitrogens with zero attached hydrogens (tertiary/aromatic N) is 2. The predicted octanol–water partition coefficient (Wildman–Crippen LogP) is 1.24. The van der Waals surface area contributed by atoms with Gasteiger partial charge >= 0.3 is 6.03 Å². The summed E-state index contributed by atoms with van der Waals surface area (Å²) >= 11 is 0. The second-order valence-corrected chi connectivity index (χ2v) is 5.09. The predicted molar refractivity (Wildman–Crippen MR) is 79.0 cm³/mol. The molecular weight excluding hydrogens is 268 g/mol. The standard InChI is InChI=1S/C15H15N4O2/c16-13-4-2-10-7-9(1-3-12(10)18-13)8-11-5-6-19(14(11)20)15(17)21/h1-4,7H,5-6,8H2,(H2,16,18)(H2,17,21). The Kier molecular flexibility index (Phi) is 3.21. The normalized spacial score (nSPS) is 15.8. The van der Waals surface area contributed by atoms with E-state index in [0.717, 1.165) is 21.4 Å². The summed E-state index contributed by atoms with van der Waals surface area (Å²) in [5.41, 5.74) is 12.6. The van der Waals surface area contributed by atoms with E-state index in [-0.39, 0.29) is 5.91 Å². The van der Waals surface area contributed by atoms with Crippen molar-refractivity contribution in [3.63, 3.8) is 0 Å². The molecule has 2 aromatic rings. The van der Waals surface area contributed by atoms with Crippen molar-refractivity contribution in [3.05, 3.63) is 41.8 Å². The van der Waals surface area contributed by atoms with Crippen molar-refractivity contribution >= 4 is 28.7 Å². The van der Waals surface area contributed by atoms with Crippen LogP contribution in [0, 0.1) is 5.92 Å². The number of primary amides is 1. The van der Waals surface area contributed by atoms with E-state index in [2.05, 4.69) is 4.98 Å². The van der Waals surface area contributed by atoms with Gasteiger partial charge in [-0.3, -0.25) is 9.69 Å². The summed E-state index contributed by atoms with van der Waals surface area (Å²) in [4.78, 5) is 28.4. The van der Waals surface area contributed by atoms with Crippen LogP contribution in [0.3, 0.4) is 0 Å². The molecule has 0 saturated carbocycles. The molecule has 21 heavy (non-hydrogen) atoms. The molecule has 0 aliphatic carbocycles. The molecule has 4 N–H and O–H groups in total. The van der Waals surface area contributed by atoms with Crippen LogP contribution in [0.5, 0.6) is 0 Å². The SMILES string of the molecule is NC(=O)N1CC[C](Cc2ccc3nc(N)ccc3c2)C1=O. The van der Waals surface area contributed by atoms with E-state index in [9.17, 15) is 9.59 Å². The fourth-order valence-corrected chi connectivity index (χ4v) is 2.57.